The zero-order valence-corrected chi connectivity index (χ0v) is 9.63. The fourth-order valence-corrected chi connectivity index (χ4v) is 1.32. The summed E-state index contributed by atoms with van der Waals surface area (Å²) in [7, 11) is 0. The van der Waals surface area contributed by atoms with Crippen LogP contribution in [0.4, 0.5) is 5.69 Å². The summed E-state index contributed by atoms with van der Waals surface area (Å²) in [5.41, 5.74) is 1.88. The maximum atomic E-state index is 11.3. The minimum Gasteiger partial charge on any atom is -0.315 e. The van der Waals surface area contributed by atoms with Crippen LogP contribution in [-0.4, -0.2) is 12.5 Å². The number of carbonyl (C=O) groups is 1. The average molecular weight is 216 g/mol. The van der Waals surface area contributed by atoms with Crippen molar-refractivity contribution in [1.82, 2.24) is 5.32 Å². The maximum Gasteiger partial charge on any atom is 0.300 e. The second-order valence-electron chi connectivity index (χ2n) is 3.27. The topological polar surface area (TPSA) is 41.1 Å². The molecular formula is C13H16N2O. The quantitative estimate of drug-likeness (QED) is 0.753. The van der Waals surface area contributed by atoms with Crippen LogP contribution in [0.1, 0.15) is 19.4 Å². The molecule has 0 fully saturated rings. The molecule has 0 radical (unpaired) electrons. The van der Waals surface area contributed by atoms with E-state index in [1.54, 1.807) is 6.92 Å². The lowest BCUT2D eigenvalue weighted by molar-refractivity contribution is -0.111. The van der Waals surface area contributed by atoms with E-state index in [9.17, 15) is 4.79 Å². The van der Waals surface area contributed by atoms with Crippen molar-refractivity contribution in [3.05, 3.63) is 29.8 Å². The van der Waals surface area contributed by atoms with Crippen LogP contribution in [-0.2, 0) is 11.3 Å². The van der Waals surface area contributed by atoms with E-state index in [4.69, 9.17) is 0 Å². The molecule has 0 aromatic heterocycles. The first-order valence-electron chi connectivity index (χ1n) is 5.30. The lowest BCUT2D eigenvalue weighted by Gasteiger charge is -2.09. The Hall–Kier alpha value is -1.79. The van der Waals surface area contributed by atoms with E-state index in [-0.39, 0.29) is 5.91 Å². The highest BCUT2D eigenvalue weighted by atomic mass is 16.1. The molecule has 1 aromatic rings. The molecule has 0 aliphatic rings. The summed E-state index contributed by atoms with van der Waals surface area (Å²) in [6.45, 7) is 5.33. The third-order valence-corrected chi connectivity index (χ3v) is 2.07. The van der Waals surface area contributed by atoms with E-state index in [2.05, 4.69) is 22.5 Å². The minimum atomic E-state index is -0.272. The van der Waals surface area contributed by atoms with Gasteiger partial charge in [0.2, 0.25) is 0 Å². The molecule has 0 aliphatic heterocycles. The number of amides is 1. The number of benzene rings is 1. The Morgan fingerprint density at radius 2 is 2.12 bits per heavy atom. The Bertz CT molecular complexity index is 415. The van der Waals surface area contributed by atoms with Crippen LogP contribution in [0.15, 0.2) is 24.3 Å². The van der Waals surface area contributed by atoms with E-state index in [0.29, 0.717) is 0 Å². The second kappa shape index (κ2) is 6.65. The third-order valence-electron chi connectivity index (χ3n) is 2.07. The molecule has 0 heterocycles. The summed E-state index contributed by atoms with van der Waals surface area (Å²) >= 11 is 0. The molecule has 0 saturated carbocycles. The van der Waals surface area contributed by atoms with Gasteiger partial charge in [0.05, 0.1) is 0 Å². The van der Waals surface area contributed by atoms with Crippen LogP contribution in [0.3, 0.4) is 0 Å². The van der Waals surface area contributed by atoms with Crippen LogP contribution in [0.25, 0.3) is 0 Å². The molecule has 1 aromatic carbocycles. The molecule has 2 N–H and O–H groups in total. The molecule has 3 heteroatoms. The van der Waals surface area contributed by atoms with Crippen molar-refractivity contribution >= 4 is 11.6 Å². The molecule has 0 bridgehead atoms. The lowest BCUT2D eigenvalue weighted by atomic mass is 10.1. The second-order valence-corrected chi connectivity index (χ2v) is 3.27. The highest BCUT2D eigenvalue weighted by Crippen LogP contribution is 2.14. The van der Waals surface area contributed by atoms with Crippen LogP contribution < -0.4 is 10.6 Å². The molecule has 0 spiro atoms. The number of carbonyl (C=O) groups excluding carboxylic acids is 1. The van der Waals surface area contributed by atoms with Crippen molar-refractivity contribution in [3.63, 3.8) is 0 Å². The molecule has 0 atom stereocenters. The molecule has 1 amide bonds. The summed E-state index contributed by atoms with van der Waals surface area (Å²) in [6, 6.07) is 7.71. The Morgan fingerprint density at radius 3 is 2.81 bits per heavy atom. The van der Waals surface area contributed by atoms with Gasteiger partial charge < -0.3 is 10.6 Å². The maximum absolute atomic E-state index is 11.3. The van der Waals surface area contributed by atoms with Crippen molar-refractivity contribution in [3.8, 4) is 11.8 Å². The zero-order chi connectivity index (χ0) is 11.8. The number of para-hydroxylation sites is 1. The van der Waals surface area contributed by atoms with Crippen molar-refractivity contribution in [2.45, 2.75) is 20.4 Å². The molecule has 0 unspecified atom stereocenters. The number of rotatable bonds is 4. The predicted molar refractivity (Wildman–Crippen MR) is 65.9 cm³/mol. The van der Waals surface area contributed by atoms with E-state index < -0.39 is 0 Å². The van der Waals surface area contributed by atoms with E-state index in [1.807, 2.05) is 31.2 Å². The number of nitrogens with one attached hydrogen (secondary N) is 2. The Morgan fingerprint density at radius 1 is 1.38 bits per heavy atom. The zero-order valence-electron chi connectivity index (χ0n) is 9.63. The Kier molecular flexibility index (Phi) is 5.10. The summed E-state index contributed by atoms with van der Waals surface area (Å²) in [6.07, 6.45) is 0. The summed E-state index contributed by atoms with van der Waals surface area (Å²) in [5.74, 6) is 4.76. The van der Waals surface area contributed by atoms with Gasteiger partial charge >= 0.3 is 0 Å². The SMILES string of the molecule is CC#CC(=O)Nc1ccccc1CNCC. The molecule has 84 valence electrons. The first-order chi connectivity index (χ1) is 7.77. The van der Waals surface area contributed by atoms with Gasteiger partial charge in [-0.2, -0.15) is 0 Å². The smallest absolute Gasteiger partial charge is 0.300 e. The highest BCUT2D eigenvalue weighted by molar-refractivity contribution is 6.04. The molecule has 1 rings (SSSR count). The molecule has 0 saturated heterocycles. The summed E-state index contributed by atoms with van der Waals surface area (Å²) in [5, 5.41) is 5.99. The highest BCUT2D eigenvalue weighted by Gasteiger charge is 2.03. The first kappa shape index (κ1) is 12.3. The van der Waals surface area contributed by atoms with E-state index in [0.717, 1.165) is 24.3 Å². The van der Waals surface area contributed by atoms with Gasteiger partial charge in [0.15, 0.2) is 0 Å². The van der Waals surface area contributed by atoms with Crippen LogP contribution in [0.2, 0.25) is 0 Å². The number of hydrogen-bond donors (Lipinski definition) is 2. The lowest BCUT2D eigenvalue weighted by Crippen LogP contribution is -2.15. The van der Waals surface area contributed by atoms with Crippen molar-refractivity contribution < 1.29 is 4.79 Å². The molecule has 0 aliphatic carbocycles. The van der Waals surface area contributed by atoms with Crippen LogP contribution in [0.5, 0.6) is 0 Å². The fourth-order valence-electron chi connectivity index (χ4n) is 1.32. The van der Waals surface area contributed by atoms with E-state index in [1.165, 1.54) is 0 Å². The number of hydrogen-bond acceptors (Lipinski definition) is 2. The molecule has 3 nitrogen and oxygen atoms in total. The molecular weight excluding hydrogens is 200 g/mol. The van der Waals surface area contributed by atoms with E-state index >= 15 is 0 Å². The van der Waals surface area contributed by atoms with Gasteiger partial charge in [-0.3, -0.25) is 4.79 Å². The third kappa shape index (κ3) is 3.76. The van der Waals surface area contributed by atoms with Gasteiger partial charge in [0.25, 0.3) is 5.91 Å². The Balaban J connectivity index is 2.76. The van der Waals surface area contributed by atoms with Gasteiger partial charge in [-0.15, -0.1) is 0 Å². The monoisotopic (exact) mass is 216 g/mol. The first-order valence-corrected chi connectivity index (χ1v) is 5.30. The van der Waals surface area contributed by atoms with Crippen LogP contribution in [0, 0.1) is 11.8 Å². The average Bonchev–Trinajstić information content (AvgIpc) is 2.28. The summed E-state index contributed by atoms with van der Waals surface area (Å²) in [4.78, 5) is 11.3. The van der Waals surface area contributed by atoms with Gasteiger partial charge in [-0.1, -0.05) is 31.0 Å². The fraction of sp³-hybridized carbons (Fsp3) is 0.308. The number of anilines is 1. The normalized spacial score (nSPS) is 9.12. The van der Waals surface area contributed by atoms with Gasteiger partial charge in [-0.05, 0) is 31.0 Å². The molecule has 16 heavy (non-hydrogen) atoms. The van der Waals surface area contributed by atoms with Crippen molar-refractivity contribution in [2.24, 2.45) is 0 Å². The largest absolute Gasteiger partial charge is 0.315 e. The summed E-state index contributed by atoms with van der Waals surface area (Å²) < 4.78 is 0. The van der Waals surface area contributed by atoms with Gasteiger partial charge in [0.1, 0.15) is 0 Å². The van der Waals surface area contributed by atoms with Gasteiger partial charge in [0, 0.05) is 12.2 Å². The van der Waals surface area contributed by atoms with Crippen molar-refractivity contribution in [1.29, 1.82) is 0 Å². The Labute approximate surface area is 96.2 Å². The predicted octanol–water partition coefficient (Wildman–Crippen LogP) is 1.76. The van der Waals surface area contributed by atoms with Crippen molar-refractivity contribution in [2.75, 3.05) is 11.9 Å². The van der Waals surface area contributed by atoms with Gasteiger partial charge in [-0.25, -0.2) is 0 Å². The minimum absolute atomic E-state index is 0.272. The standard InChI is InChI=1S/C13H16N2O/c1-3-7-13(16)15-12-9-6-5-8-11(12)10-14-4-2/h5-6,8-9,14H,4,10H2,1-2H3,(H,15,16). The van der Waals surface area contributed by atoms with Crippen LogP contribution >= 0.6 is 0 Å².